The summed E-state index contributed by atoms with van der Waals surface area (Å²) in [6.07, 6.45) is 3.04. The molecule has 0 bridgehead atoms. The van der Waals surface area contributed by atoms with Crippen LogP contribution in [0.4, 0.5) is 11.4 Å². The molecule has 2 N–H and O–H groups in total. The van der Waals surface area contributed by atoms with Crippen molar-refractivity contribution in [2.75, 3.05) is 10.6 Å². The Morgan fingerprint density at radius 1 is 0.696 bits per heavy atom. The van der Waals surface area contributed by atoms with E-state index in [2.05, 4.69) is 10.6 Å². The van der Waals surface area contributed by atoms with Crippen molar-refractivity contribution in [3.63, 3.8) is 0 Å². The van der Waals surface area contributed by atoms with Gasteiger partial charge in [-0.3, -0.25) is 9.59 Å². The lowest BCUT2D eigenvalue weighted by Crippen LogP contribution is -2.05. The van der Waals surface area contributed by atoms with Crippen molar-refractivity contribution in [1.29, 1.82) is 0 Å². The lowest BCUT2D eigenvalue weighted by molar-refractivity contribution is -0.115. The Morgan fingerprint density at radius 2 is 1.04 bits per heavy atom. The molecule has 0 unspecified atom stereocenters. The summed E-state index contributed by atoms with van der Waals surface area (Å²) in [6.45, 7) is 3.01. The van der Waals surface area contributed by atoms with Crippen LogP contribution in [-0.4, -0.2) is 11.8 Å². The highest BCUT2D eigenvalue weighted by Crippen LogP contribution is 2.14. The first-order chi connectivity index (χ1) is 11.0. The molecule has 0 saturated carbocycles. The van der Waals surface area contributed by atoms with Crippen LogP contribution in [0.3, 0.4) is 0 Å². The maximum Gasteiger partial charge on any atom is 0.221 e. The topological polar surface area (TPSA) is 58.2 Å². The molecule has 23 heavy (non-hydrogen) atoms. The zero-order valence-corrected chi connectivity index (χ0v) is 13.6. The Kier molecular flexibility index (Phi) is 5.92. The van der Waals surface area contributed by atoms with Gasteiger partial charge in [-0.25, -0.2) is 0 Å². The third-order valence-electron chi connectivity index (χ3n) is 3.48. The van der Waals surface area contributed by atoms with Gasteiger partial charge in [-0.15, -0.1) is 0 Å². The third kappa shape index (κ3) is 5.94. The number of aryl methyl sites for hydroxylation is 2. The molecule has 0 aliphatic carbocycles. The van der Waals surface area contributed by atoms with E-state index in [1.165, 1.54) is 25.0 Å². The largest absolute Gasteiger partial charge is 0.326 e. The van der Waals surface area contributed by atoms with E-state index in [1.807, 2.05) is 48.5 Å². The molecule has 2 rings (SSSR count). The van der Waals surface area contributed by atoms with Crippen molar-refractivity contribution in [2.24, 2.45) is 0 Å². The minimum absolute atomic E-state index is 0.0551. The lowest BCUT2D eigenvalue weighted by Gasteiger charge is -2.06. The average Bonchev–Trinajstić information content (AvgIpc) is 2.50. The number of rotatable bonds is 6. The zero-order valence-electron chi connectivity index (χ0n) is 13.6. The molecule has 4 nitrogen and oxygen atoms in total. The van der Waals surface area contributed by atoms with E-state index in [0.29, 0.717) is 0 Å². The first-order valence-electron chi connectivity index (χ1n) is 7.76. The molecule has 2 aromatic carbocycles. The lowest BCUT2D eigenvalue weighted by atomic mass is 10.0. The van der Waals surface area contributed by atoms with Crippen molar-refractivity contribution in [3.8, 4) is 0 Å². The molecule has 0 spiro atoms. The van der Waals surface area contributed by atoms with Crippen molar-refractivity contribution in [3.05, 3.63) is 59.7 Å². The van der Waals surface area contributed by atoms with Gasteiger partial charge in [0, 0.05) is 25.2 Å². The maximum atomic E-state index is 11.0. The van der Waals surface area contributed by atoms with E-state index in [0.717, 1.165) is 30.6 Å². The highest BCUT2D eigenvalue weighted by Gasteiger charge is 1.99. The van der Waals surface area contributed by atoms with Gasteiger partial charge in [0.1, 0.15) is 0 Å². The number of nitrogens with one attached hydrogen (secondary N) is 2. The summed E-state index contributed by atoms with van der Waals surface area (Å²) in [5.74, 6) is -0.110. The molecule has 2 aromatic rings. The van der Waals surface area contributed by atoms with Gasteiger partial charge in [0.25, 0.3) is 0 Å². The predicted octanol–water partition coefficient (Wildman–Crippen LogP) is 3.78. The van der Waals surface area contributed by atoms with Crippen LogP contribution in [0.25, 0.3) is 0 Å². The summed E-state index contributed by atoms with van der Waals surface area (Å²) in [5.41, 5.74) is 4.17. The molecule has 0 fully saturated rings. The quantitative estimate of drug-likeness (QED) is 0.853. The van der Waals surface area contributed by atoms with Crippen LogP contribution in [-0.2, 0) is 22.4 Å². The minimum Gasteiger partial charge on any atom is -0.326 e. The molecule has 0 aliphatic heterocycles. The molecule has 0 aliphatic rings. The van der Waals surface area contributed by atoms with Gasteiger partial charge in [0.15, 0.2) is 0 Å². The van der Waals surface area contributed by atoms with Gasteiger partial charge in [-0.1, -0.05) is 24.3 Å². The molecular formula is C19H22N2O2. The van der Waals surface area contributed by atoms with Crippen LogP contribution in [0.15, 0.2) is 48.5 Å². The Balaban J connectivity index is 1.80. The van der Waals surface area contributed by atoms with Gasteiger partial charge >= 0.3 is 0 Å². The summed E-state index contributed by atoms with van der Waals surface area (Å²) in [7, 11) is 0. The fraction of sp³-hybridized carbons (Fsp3) is 0.263. The Morgan fingerprint density at radius 3 is 1.35 bits per heavy atom. The van der Waals surface area contributed by atoms with Gasteiger partial charge in [0.2, 0.25) is 11.8 Å². The van der Waals surface area contributed by atoms with Gasteiger partial charge in [-0.05, 0) is 54.7 Å². The third-order valence-corrected chi connectivity index (χ3v) is 3.48. The summed E-state index contributed by atoms with van der Waals surface area (Å²) in [6, 6.07) is 15.9. The van der Waals surface area contributed by atoms with E-state index >= 15 is 0 Å². The SMILES string of the molecule is CC(=O)Nc1ccc(CCCc2ccc(NC(C)=O)cc2)cc1. The van der Waals surface area contributed by atoms with E-state index in [9.17, 15) is 9.59 Å². The van der Waals surface area contributed by atoms with Gasteiger partial charge < -0.3 is 10.6 Å². The summed E-state index contributed by atoms with van der Waals surface area (Å²) in [4.78, 5) is 22.0. The number of amides is 2. The number of hydrogen-bond acceptors (Lipinski definition) is 2. The Hall–Kier alpha value is -2.62. The van der Waals surface area contributed by atoms with Crippen molar-refractivity contribution in [1.82, 2.24) is 0 Å². The highest BCUT2D eigenvalue weighted by molar-refractivity contribution is 5.89. The molecule has 4 heteroatoms. The van der Waals surface area contributed by atoms with Crippen LogP contribution < -0.4 is 10.6 Å². The molecule has 120 valence electrons. The summed E-state index contributed by atoms with van der Waals surface area (Å²) >= 11 is 0. The Bertz CT molecular complexity index is 601. The molecular weight excluding hydrogens is 288 g/mol. The summed E-state index contributed by atoms with van der Waals surface area (Å²) in [5, 5.41) is 5.53. The number of benzene rings is 2. The average molecular weight is 310 g/mol. The Labute approximate surface area is 136 Å². The van der Waals surface area contributed by atoms with Crippen molar-refractivity contribution >= 4 is 23.2 Å². The fourth-order valence-electron chi connectivity index (χ4n) is 2.41. The van der Waals surface area contributed by atoms with Crippen LogP contribution in [0, 0.1) is 0 Å². The highest BCUT2D eigenvalue weighted by atomic mass is 16.2. The summed E-state index contributed by atoms with van der Waals surface area (Å²) < 4.78 is 0. The van der Waals surface area contributed by atoms with E-state index < -0.39 is 0 Å². The van der Waals surface area contributed by atoms with E-state index in [4.69, 9.17) is 0 Å². The normalized spacial score (nSPS) is 10.2. The molecule has 0 atom stereocenters. The number of hydrogen-bond donors (Lipinski definition) is 2. The van der Waals surface area contributed by atoms with Crippen LogP contribution in [0.2, 0.25) is 0 Å². The number of anilines is 2. The minimum atomic E-state index is -0.0551. The van der Waals surface area contributed by atoms with Crippen LogP contribution >= 0.6 is 0 Å². The smallest absolute Gasteiger partial charge is 0.221 e. The monoisotopic (exact) mass is 310 g/mol. The number of carbonyl (C=O) groups excluding carboxylic acids is 2. The second-order valence-corrected chi connectivity index (χ2v) is 5.61. The standard InChI is InChI=1S/C19H22N2O2/c1-14(22)20-18-10-6-16(7-11-18)4-3-5-17-8-12-19(13-9-17)21-15(2)23/h6-13H,3-5H2,1-2H3,(H,20,22)(H,21,23). The predicted molar refractivity (Wildman–Crippen MR) is 93.5 cm³/mol. The molecule has 0 radical (unpaired) electrons. The fourth-order valence-corrected chi connectivity index (χ4v) is 2.41. The second-order valence-electron chi connectivity index (χ2n) is 5.61. The van der Waals surface area contributed by atoms with Gasteiger partial charge in [0.05, 0.1) is 0 Å². The van der Waals surface area contributed by atoms with Crippen molar-refractivity contribution < 1.29 is 9.59 Å². The number of carbonyl (C=O) groups is 2. The second kappa shape index (κ2) is 8.13. The zero-order chi connectivity index (χ0) is 16.7. The van der Waals surface area contributed by atoms with Crippen molar-refractivity contribution in [2.45, 2.75) is 33.1 Å². The first-order valence-corrected chi connectivity index (χ1v) is 7.76. The maximum absolute atomic E-state index is 11.0. The van der Waals surface area contributed by atoms with Crippen LogP contribution in [0.1, 0.15) is 31.4 Å². The van der Waals surface area contributed by atoms with Gasteiger partial charge in [-0.2, -0.15) is 0 Å². The van der Waals surface area contributed by atoms with E-state index in [-0.39, 0.29) is 11.8 Å². The molecule has 0 saturated heterocycles. The molecule has 2 amide bonds. The van der Waals surface area contributed by atoms with E-state index in [1.54, 1.807) is 0 Å². The first kappa shape index (κ1) is 16.7. The molecule has 0 heterocycles. The molecule has 0 aromatic heterocycles. The van der Waals surface area contributed by atoms with Crippen LogP contribution in [0.5, 0.6) is 0 Å².